The zero-order valence-corrected chi connectivity index (χ0v) is 87.8. The summed E-state index contributed by atoms with van der Waals surface area (Å²) in [5.41, 5.74) is 38.1. The number of halogens is 3. The Hall–Kier alpha value is -13.4. The maximum absolute atomic E-state index is 13.0. The normalized spacial score (nSPS) is 10.5. The van der Waals surface area contributed by atoms with E-state index < -0.39 is 11.7 Å². The zero-order valence-electron chi connectivity index (χ0n) is 79.8. The van der Waals surface area contributed by atoms with Crippen molar-refractivity contribution in [3.05, 3.63) is 486 Å². The number of benzene rings is 12. The molecular formula is C124H107F3Ir3N8S-6. The third kappa shape index (κ3) is 29.8. The second-order valence-corrected chi connectivity index (χ2v) is 34.6. The quantitative estimate of drug-likeness (QED) is 0.0446. The first-order valence-electron chi connectivity index (χ1n) is 45.6. The topological polar surface area (TPSA) is 93.5 Å². The average Bonchev–Trinajstić information content (AvgIpc) is 0.762. The number of pyridine rings is 7. The Labute approximate surface area is 863 Å². The molecular weight excluding hydrogens is 2270 g/mol. The first-order valence-corrected chi connectivity index (χ1v) is 46.6. The van der Waals surface area contributed by atoms with Crippen LogP contribution in [0.1, 0.15) is 92.9 Å². The van der Waals surface area contributed by atoms with Gasteiger partial charge in [-0.2, -0.15) is 13.2 Å². The van der Waals surface area contributed by atoms with Crippen LogP contribution in [-0.4, -0.2) is 40.6 Å². The number of unbranched alkanes of at least 4 members (excludes halogenated alkanes) is 2. The van der Waals surface area contributed by atoms with Gasteiger partial charge in [-0.1, -0.05) is 207 Å². The number of alkyl halides is 3. The summed E-state index contributed by atoms with van der Waals surface area (Å²) in [6.07, 6.45) is 10.6. The molecule has 15 heteroatoms. The Morgan fingerprint density at radius 2 is 0.669 bits per heavy atom. The van der Waals surface area contributed by atoms with E-state index in [4.69, 9.17) is 4.98 Å². The maximum Gasteiger partial charge on any atom is 0.416 e. The molecule has 703 valence electrons. The SMILES string of the molecule is CCCCCSc1cccc(-c2cc(C)[c-]c(-c3ccccn3)c2)n1.Cc1cc(-c2cc[c-]c(-c3ccccn3)c2)cc(C(F)(F)F)c1.Cc1cc(C)c(-c2ccc(-c3[c-]cccc3)nc2)c(C)c1.Cc1cc(C)c(-c2ccc(-c3[c-]cccc3)nc2)c(C)c1.Cc1cc(C)c(-c2ccc(-c3[c-]cccc3)nc2)c(C)c1.[Ir].[Ir].[Ir].[c-]1ccc(N(c2ccccc2)c2ccccc2)cc1-c1ccccn1. The van der Waals surface area contributed by atoms with Crippen LogP contribution in [0.15, 0.2) is 388 Å². The minimum absolute atomic E-state index is 0. The Kier molecular flexibility index (Phi) is 40.0. The van der Waals surface area contributed by atoms with Gasteiger partial charge in [-0.05, 0) is 266 Å². The van der Waals surface area contributed by atoms with Crippen molar-refractivity contribution in [2.24, 2.45) is 0 Å². The van der Waals surface area contributed by atoms with Crippen LogP contribution in [-0.2, 0) is 66.5 Å². The molecule has 0 amide bonds. The number of rotatable bonds is 19. The minimum Gasteiger partial charge on any atom is -0.328 e. The van der Waals surface area contributed by atoms with E-state index >= 15 is 0 Å². The molecule has 0 aliphatic carbocycles. The van der Waals surface area contributed by atoms with Crippen molar-refractivity contribution in [3.8, 4) is 123 Å². The van der Waals surface area contributed by atoms with Crippen molar-refractivity contribution >= 4 is 28.8 Å². The van der Waals surface area contributed by atoms with E-state index in [9.17, 15) is 13.2 Å². The molecule has 0 spiro atoms. The third-order valence-corrected chi connectivity index (χ3v) is 23.6. The molecule has 0 atom stereocenters. The van der Waals surface area contributed by atoms with Gasteiger partial charge < -0.3 is 34.8 Å². The molecule has 7 aromatic heterocycles. The Balaban J connectivity index is 0.000000159. The van der Waals surface area contributed by atoms with Crippen LogP contribution in [0.25, 0.3) is 123 Å². The van der Waals surface area contributed by atoms with E-state index in [1.807, 2.05) is 188 Å². The van der Waals surface area contributed by atoms with E-state index in [0.29, 0.717) is 16.7 Å². The summed E-state index contributed by atoms with van der Waals surface area (Å²) in [6, 6.07) is 133. The minimum atomic E-state index is -4.36. The second-order valence-electron chi connectivity index (χ2n) is 33.5. The summed E-state index contributed by atoms with van der Waals surface area (Å²) >= 11 is 1.84. The number of para-hydroxylation sites is 2. The number of anilines is 3. The molecule has 139 heavy (non-hydrogen) atoms. The summed E-state index contributed by atoms with van der Waals surface area (Å²) in [5, 5.41) is 1.10. The van der Waals surface area contributed by atoms with Crippen molar-refractivity contribution in [2.45, 2.75) is 114 Å². The van der Waals surface area contributed by atoms with Crippen LogP contribution in [0, 0.1) is 113 Å². The van der Waals surface area contributed by atoms with Gasteiger partial charge in [-0.25, -0.2) is 4.98 Å². The monoisotopic (exact) mass is 2380 g/mol. The number of nitrogens with zero attached hydrogens (tertiary/aromatic N) is 8. The number of aryl methyl sites for hydroxylation is 11. The standard InChI is InChI=1S/C23H17N2.C22H23N2S.3C20H18N.C19H13F3N.3Ir/c1-3-11-20(12-4-1)25(21-13-5-2-6-14-21)22-15-9-10-19(18-22)23-16-7-8-17-24-23;1-3-4-7-13-25-22-11-8-10-21(24-22)19-15-17(2)14-18(16-19)20-9-5-6-12-23-20;3*1-14-11-15(2)20(16(3)12-14)18-9-10-19(21-13-18)17-7-5-4-6-8-17;1-13-9-16(12-17(10-13)19(20,21)22)14-5-4-6-15(11-14)18-7-2-3-8-23-18;;;/h1-9,11-18H;5-6,8-12,15-16H,3-4,7,13H2,1-2H3;3*4-7,9-13H,1-3H3;2-5,7-12H,1H3;;;/q6*-1;;;. The molecule has 0 N–H and O–H groups in total. The largest absolute Gasteiger partial charge is 0.416 e. The van der Waals surface area contributed by atoms with Gasteiger partial charge in [0, 0.05) is 109 Å². The molecule has 0 aliphatic heterocycles. The smallest absolute Gasteiger partial charge is 0.328 e. The average molecular weight is 2370 g/mol. The van der Waals surface area contributed by atoms with Gasteiger partial charge >= 0.3 is 6.18 Å². The van der Waals surface area contributed by atoms with Crippen LogP contribution >= 0.6 is 11.8 Å². The first kappa shape index (κ1) is 106. The third-order valence-electron chi connectivity index (χ3n) is 22.6. The van der Waals surface area contributed by atoms with Crippen LogP contribution in [0.4, 0.5) is 30.2 Å². The number of aromatic nitrogens is 7. The molecule has 0 fully saturated rings. The van der Waals surface area contributed by atoms with Crippen molar-refractivity contribution < 1.29 is 73.5 Å². The number of hydrogen-bond acceptors (Lipinski definition) is 9. The molecule has 8 nitrogen and oxygen atoms in total. The van der Waals surface area contributed by atoms with Gasteiger partial charge in [-0.3, -0.25) is 0 Å². The first-order chi connectivity index (χ1) is 66.0. The van der Waals surface area contributed by atoms with E-state index in [2.05, 4.69) is 311 Å². The summed E-state index contributed by atoms with van der Waals surface area (Å²) in [7, 11) is 0. The van der Waals surface area contributed by atoms with Crippen molar-refractivity contribution in [2.75, 3.05) is 10.7 Å². The van der Waals surface area contributed by atoms with Crippen molar-refractivity contribution in [3.63, 3.8) is 0 Å². The predicted octanol–water partition coefficient (Wildman–Crippen LogP) is 33.2. The number of hydrogen-bond donors (Lipinski definition) is 0. The fraction of sp³-hybridized carbons (Fsp3) is 0.137. The predicted molar refractivity (Wildman–Crippen MR) is 558 cm³/mol. The van der Waals surface area contributed by atoms with Crippen LogP contribution < -0.4 is 4.90 Å². The molecule has 0 saturated heterocycles. The second kappa shape index (κ2) is 52.4. The van der Waals surface area contributed by atoms with Gasteiger partial charge in [0.1, 0.15) is 0 Å². The van der Waals surface area contributed by atoms with Gasteiger partial charge in [0.05, 0.1) is 16.3 Å². The van der Waals surface area contributed by atoms with E-state index in [0.717, 1.165) is 118 Å². The van der Waals surface area contributed by atoms with Crippen LogP contribution in [0.3, 0.4) is 0 Å². The number of thioether (sulfide) groups is 1. The van der Waals surface area contributed by atoms with Crippen LogP contribution in [0.5, 0.6) is 0 Å². The molecule has 12 aromatic carbocycles. The summed E-state index contributed by atoms with van der Waals surface area (Å²) in [5.74, 6) is 1.13. The van der Waals surface area contributed by atoms with Crippen molar-refractivity contribution in [1.82, 2.24) is 34.9 Å². The zero-order chi connectivity index (χ0) is 95.3. The van der Waals surface area contributed by atoms with Gasteiger partial charge in [0.25, 0.3) is 0 Å². The molecule has 0 unspecified atom stereocenters. The summed E-state index contributed by atoms with van der Waals surface area (Å²) < 4.78 is 39.0. The molecule has 0 saturated carbocycles. The van der Waals surface area contributed by atoms with Gasteiger partial charge in [0.15, 0.2) is 0 Å². The van der Waals surface area contributed by atoms with Gasteiger partial charge in [0.2, 0.25) is 0 Å². The van der Waals surface area contributed by atoms with Crippen molar-refractivity contribution in [1.29, 1.82) is 0 Å². The fourth-order valence-corrected chi connectivity index (χ4v) is 17.6. The van der Waals surface area contributed by atoms with Gasteiger partial charge in [-0.15, -0.1) is 214 Å². The molecule has 19 aromatic rings. The molecule has 19 rings (SSSR count). The summed E-state index contributed by atoms with van der Waals surface area (Å²) in [4.78, 5) is 34.0. The molecule has 0 aliphatic rings. The maximum atomic E-state index is 13.0. The Bertz CT molecular complexity index is 6650. The van der Waals surface area contributed by atoms with E-state index in [1.54, 1.807) is 37.4 Å². The van der Waals surface area contributed by atoms with E-state index in [1.165, 1.54) is 109 Å². The van der Waals surface area contributed by atoms with E-state index in [-0.39, 0.29) is 60.3 Å². The summed E-state index contributed by atoms with van der Waals surface area (Å²) in [6.45, 7) is 25.3. The van der Waals surface area contributed by atoms with Crippen LogP contribution in [0.2, 0.25) is 0 Å². The Morgan fingerprint density at radius 1 is 0.288 bits per heavy atom. The Morgan fingerprint density at radius 3 is 1.06 bits per heavy atom. The molecule has 7 heterocycles. The molecule has 3 radical (unpaired) electrons. The molecule has 0 bridgehead atoms. The fourth-order valence-electron chi connectivity index (χ4n) is 16.7.